The van der Waals surface area contributed by atoms with Crippen molar-refractivity contribution in [3.63, 3.8) is 0 Å². The zero-order chi connectivity index (χ0) is 11.3. The Morgan fingerprint density at radius 1 is 1.40 bits per heavy atom. The summed E-state index contributed by atoms with van der Waals surface area (Å²) in [7, 11) is 0. The first kappa shape index (κ1) is 12.1. The third-order valence-corrected chi connectivity index (χ3v) is 2.48. The lowest BCUT2D eigenvalue weighted by Crippen LogP contribution is -2.22. The van der Waals surface area contributed by atoms with Crippen LogP contribution in [0.2, 0.25) is 0 Å². The molecule has 0 radical (unpaired) electrons. The van der Waals surface area contributed by atoms with Crippen LogP contribution in [0.25, 0.3) is 0 Å². The second-order valence-corrected chi connectivity index (χ2v) is 4.25. The van der Waals surface area contributed by atoms with Gasteiger partial charge in [0.05, 0.1) is 5.38 Å². The number of rotatable bonds is 4. The van der Waals surface area contributed by atoms with Crippen LogP contribution in [-0.4, -0.2) is 12.5 Å². The maximum atomic E-state index is 10.6. The first-order valence-electron chi connectivity index (χ1n) is 5.07. The van der Waals surface area contributed by atoms with Crippen molar-refractivity contribution in [2.24, 2.45) is 0 Å². The Kier molecular flexibility index (Phi) is 4.63. The van der Waals surface area contributed by atoms with Gasteiger partial charge in [-0.25, -0.2) is 0 Å². The van der Waals surface area contributed by atoms with Gasteiger partial charge in [0.2, 0.25) is 5.91 Å². The first-order valence-corrected chi connectivity index (χ1v) is 5.50. The lowest BCUT2D eigenvalue weighted by molar-refractivity contribution is -0.118. The number of amides is 1. The molecule has 0 aromatic heterocycles. The molecule has 0 fully saturated rings. The van der Waals surface area contributed by atoms with Crippen molar-refractivity contribution >= 4 is 17.5 Å². The van der Waals surface area contributed by atoms with E-state index in [-0.39, 0.29) is 11.3 Å². The minimum atomic E-state index is 0.0148. The average molecular weight is 226 g/mol. The predicted octanol–water partition coefficient (Wildman–Crippen LogP) is 2.67. The molecule has 0 aliphatic carbocycles. The van der Waals surface area contributed by atoms with E-state index in [4.69, 9.17) is 11.6 Å². The molecular weight excluding hydrogens is 210 g/mol. The summed E-state index contributed by atoms with van der Waals surface area (Å²) in [6.45, 7) is 4.16. The lowest BCUT2D eigenvalue weighted by atomic mass is 10.1. The van der Waals surface area contributed by atoms with Crippen molar-refractivity contribution in [2.75, 3.05) is 6.54 Å². The van der Waals surface area contributed by atoms with Crippen molar-refractivity contribution in [2.45, 2.75) is 25.6 Å². The fourth-order valence-electron chi connectivity index (χ4n) is 1.33. The molecule has 2 nitrogen and oxygen atoms in total. The predicted molar refractivity (Wildman–Crippen MR) is 63.1 cm³/mol. The van der Waals surface area contributed by atoms with Gasteiger partial charge in [0, 0.05) is 13.5 Å². The molecule has 1 amide bonds. The topological polar surface area (TPSA) is 29.1 Å². The number of carbonyl (C=O) groups excluding carboxylic acids is 1. The maximum absolute atomic E-state index is 10.6. The zero-order valence-electron chi connectivity index (χ0n) is 9.09. The van der Waals surface area contributed by atoms with E-state index in [9.17, 15) is 4.79 Å². The number of carbonyl (C=O) groups is 1. The van der Waals surface area contributed by atoms with E-state index in [0.717, 1.165) is 12.0 Å². The van der Waals surface area contributed by atoms with Crippen molar-refractivity contribution in [1.82, 2.24) is 5.32 Å². The summed E-state index contributed by atoms with van der Waals surface area (Å²) in [6.07, 6.45) is 0.858. The second-order valence-electron chi connectivity index (χ2n) is 3.59. The van der Waals surface area contributed by atoms with Gasteiger partial charge in [-0.15, -0.1) is 11.6 Å². The Hall–Kier alpha value is -1.02. The Labute approximate surface area is 95.6 Å². The van der Waals surface area contributed by atoms with Crippen LogP contribution >= 0.6 is 11.6 Å². The SMILES string of the molecule is CC(=O)NCCc1ccc(C(C)Cl)cc1. The summed E-state index contributed by atoms with van der Waals surface area (Å²) in [6, 6.07) is 8.16. The van der Waals surface area contributed by atoms with E-state index in [0.29, 0.717) is 6.54 Å². The molecule has 0 aliphatic rings. The second kappa shape index (κ2) is 5.76. The molecule has 1 unspecified atom stereocenters. The molecule has 1 atom stereocenters. The molecule has 1 aromatic rings. The summed E-state index contributed by atoms with van der Waals surface area (Å²) < 4.78 is 0. The third-order valence-electron chi connectivity index (χ3n) is 2.23. The van der Waals surface area contributed by atoms with Crippen LogP contribution in [0.3, 0.4) is 0 Å². The van der Waals surface area contributed by atoms with E-state index < -0.39 is 0 Å². The van der Waals surface area contributed by atoms with Crippen LogP contribution in [0.4, 0.5) is 0 Å². The molecule has 0 saturated heterocycles. The van der Waals surface area contributed by atoms with Crippen LogP contribution < -0.4 is 5.32 Å². The highest BCUT2D eigenvalue weighted by Crippen LogP contribution is 2.19. The van der Waals surface area contributed by atoms with Crippen molar-refractivity contribution in [1.29, 1.82) is 0 Å². The number of hydrogen-bond acceptors (Lipinski definition) is 1. The van der Waals surface area contributed by atoms with Gasteiger partial charge < -0.3 is 5.32 Å². The molecule has 0 saturated carbocycles. The molecule has 1 aromatic carbocycles. The Morgan fingerprint density at radius 3 is 2.47 bits per heavy atom. The number of benzene rings is 1. The smallest absolute Gasteiger partial charge is 0.216 e. The van der Waals surface area contributed by atoms with Gasteiger partial charge in [0.25, 0.3) is 0 Å². The van der Waals surface area contributed by atoms with Crippen molar-refractivity contribution in [3.05, 3.63) is 35.4 Å². The van der Waals surface area contributed by atoms with Gasteiger partial charge in [-0.2, -0.15) is 0 Å². The van der Waals surface area contributed by atoms with Crippen LogP contribution in [0.1, 0.15) is 30.4 Å². The van der Waals surface area contributed by atoms with Gasteiger partial charge in [0.1, 0.15) is 0 Å². The Bertz CT molecular complexity index is 319. The standard InChI is InChI=1S/C12H16ClNO/c1-9(13)12-5-3-11(4-6-12)7-8-14-10(2)15/h3-6,9H,7-8H2,1-2H3,(H,14,15). The summed E-state index contributed by atoms with van der Waals surface area (Å²) in [5.74, 6) is 0.0148. The highest BCUT2D eigenvalue weighted by atomic mass is 35.5. The molecule has 1 N–H and O–H groups in total. The minimum absolute atomic E-state index is 0.0148. The summed E-state index contributed by atoms with van der Waals surface area (Å²) >= 11 is 5.94. The minimum Gasteiger partial charge on any atom is -0.356 e. The Morgan fingerprint density at radius 2 is 2.00 bits per heavy atom. The number of alkyl halides is 1. The molecular formula is C12H16ClNO. The highest BCUT2D eigenvalue weighted by molar-refractivity contribution is 6.20. The summed E-state index contributed by atoms with van der Waals surface area (Å²) in [5.41, 5.74) is 2.34. The molecule has 3 heteroatoms. The van der Waals surface area contributed by atoms with E-state index in [1.807, 2.05) is 19.1 Å². The summed E-state index contributed by atoms with van der Waals surface area (Å²) in [5, 5.41) is 2.82. The van der Waals surface area contributed by atoms with Crippen molar-refractivity contribution in [3.8, 4) is 0 Å². The Balaban J connectivity index is 2.46. The van der Waals surface area contributed by atoms with Gasteiger partial charge in [0.15, 0.2) is 0 Å². The first-order chi connectivity index (χ1) is 7.09. The van der Waals surface area contributed by atoms with Gasteiger partial charge in [-0.1, -0.05) is 24.3 Å². The summed E-state index contributed by atoms with van der Waals surface area (Å²) in [4.78, 5) is 10.6. The van der Waals surface area contributed by atoms with Crippen LogP contribution in [0, 0.1) is 0 Å². The molecule has 1 rings (SSSR count). The average Bonchev–Trinajstić information content (AvgIpc) is 2.18. The maximum Gasteiger partial charge on any atom is 0.216 e. The normalized spacial score (nSPS) is 12.2. The van der Waals surface area contributed by atoms with Gasteiger partial charge in [-0.3, -0.25) is 4.79 Å². The van der Waals surface area contributed by atoms with Crippen LogP contribution in [0.15, 0.2) is 24.3 Å². The fraction of sp³-hybridized carbons (Fsp3) is 0.417. The molecule has 0 aliphatic heterocycles. The quantitative estimate of drug-likeness (QED) is 0.785. The molecule has 0 heterocycles. The van der Waals surface area contributed by atoms with E-state index >= 15 is 0 Å². The molecule has 82 valence electrons. The monoisotopic (exact) mass is 225 g/mol. The van der Waals surface area contributed by atoms with Crippen LogP contribution in [-0.2, 0) is 11.2 Å². The fourth-order valence-corrected chi connectivity index (χ4v) is 1.48. The van der Waals surface area contributed by atoms with Crippen molar-refractivity contribution < 1.29 is 4.79 Å². The lowest BCUT2D eigenvalue weighted by Gasteiger charge is -2.06. The van der Waals surface area contributed by atoms with E-state index in [2.05, 4.69) is 17.4 Å². The number of nitrogens with one attached hydrogen (secondary N) is 1. The molecule has 15 heavy (non-hydrogen) atoms. The molecule has 0 bridgehead atoms. The number of hydrogen-bond donors (Lipinski definition) is 1. The largest absolute Gasteiger partial charge is 0.356 e. The number of halogens is 1. The zero-order valence-corrected chi connectivity index (χ0v) is 9.84. The van der Waals surface area contributed by atoms with E-state index in [1.165, 1.54) is 12.5 Å². The van der Waals surface area contributed by atoms with Gasteiger partial charge >= 0.3 is 0 Å². The van der Waals surface area contributed by atoms with Crippen LogP contribution in [0.5, 0.6) is 0 Å². The van der Waals surface area contributed by atoms with Gasteiger partial charge in [-0.05, 0) is 24.5 Å². The molecule has 0 spiro atoms. The third kappa shape index (κ3) is 4.34. The van der Waals surface area contributed by atoms with E-state index in [1.54, 1.807) is 0 Å². The highest BCUT2D eigenvalue weighted by Gasteiger charge is 2.00.